The zero-order valence-corrected chi connectivity index (χ0v) is 20.7. The molecule has 0 aliphatic heterocycles. The lowest BCUT2D eigenvalue weighted by molar-refractivity contribution is -0.189. The fourth-order valence-corrected chi connectivity index (χ4v) is 4.43. The molecule has 0 unspecified atom stereocenters. The fraction of sp³-hybridized carbons (Fsp3) is 0.0667. The molecule has 5 aromatic rings. The van der Waals surface area contributed by atoms with Crippen LogP contribution in [0.15, 0.2) is 60.7 Å². The van der Waals surface area contributed by atoms with Crippen molar-refractivity contribution in [3.63, 3.8) is 0 Å². The smallest absolute Gasteiger partial charge is 0.429 e. The van der Waals surface area contributed by atoms with Crippen LogP contribution in [-0.4, -0.2) is 6.18 Å². The van der Waals surface area contributed by atoms with Crippen LogP contribution >= 0.6 is 0 Å². The predicted octanol–water partition coefficient (Wildman–Crippen LogP) is 9.68. The highest BCUT2D eigenvalue weighted by molar-refractivity contribution is 5.90. The predicted molar refractivity (Wildman–Crippen MR) is 130 cm³/mol. The van der Waals surface area contributed by atoms with E-state index in [-0.39, 0.29) is 22.9 Å². The van der Waals surface area contributed by atoms with Gasteiger partial charge in [-0.15, -0.1) is 0 Å². The van der Waals surface area contributed by atoms with Gasteiger partial charge in [-0.05, 0) is 40.6 Å². The first-order chi connectivity index (χ1) is 20.1. The third-order valence-corrected chi connectivity index (χ3v) is 6.19. The van der Waals surface area contributed by atoms with E-state index in [2.05, 4.69) is 4.74 Å². The molecule has 0 heterocycles. The van der Waals surface area contributed by atoms with Crippen LogP contribution in [0.1, 0.15) is 11.1 Å². The maximum absolute atomic E-state index is 15.0. The van der Waals surface area contributed by atoms with Crippen molar-refractivity contribution in [3.05, 3.63) is 113 Å². The molecule has 220 valence electrons. The van der Waals surface area contributed by atoms with Crippen LogP contribution in [-0.2, 0) is 6.11 Å². The van der Waals surface area contributed by atoms with Gasteiger partial charge in [-0.2, -0.15) is 22.0 Å². The molecule has 5 rings (SSSR count). The Bertz CT molecular complexity index is 1980. The van der Waals surface area contributed by atoms with Crippen LogP contribution in [0.5, 0.6) is 5.75 Å². The van der Waals surface area contributed by atoms with E-state index in [9.17, 15) is 52.7 Å². The summed E-state index contributed by atoms with van der Waals surface area (Å²) in [4.78, 5) is 0. The van der Waals surface area contributed by atoms with Crippen LogP contribution in [0.25, 0.3) is 32.7 Å². The lowest BCUT2D eigenvalue weighted by atomic mass is 9.97. The highest BCUT2D eigenvalue weighted by Gasteiger charge is 2.42. The first-order valence-corrected chi connectivity index (χ1v) is 11.7. The molecular weight excluding hydrogens is 604 g/mol. The number of ether oxygens (including phenoxy) is 1. The minimum Gasteiger partial charge on any atom is -0.429 e. The summed E-state index contributed by atoms with van der Waals surface area (Å²) in [5.41, 5.74) is -5.02. The molecule has 0 radical (unpaired) electrons. The van der Waals surface area contributed by atoms with Gasteiger partial charge in [-0.1, -0.05) is 30.2 Å². The fourth-order valence-electron chi connectivity index (χ4n) is 4.43. The topological polar surface area (TPSA) is 9.23 Å². The second-order valence-electron chi connectivity index (χ2n) is 9.00. The van der Waals surface area contributed by atoms with Crippen molar-refractivity contribution in [2.24, 2.45) is 0 Å². The van der Waals surface area contributed by atoms with E-state index < -0.39 is 91.8 Å². The summed E-state index contributed by atoms with van der Waals surface area (Å²) in [5, 5.41) is -2.15. The molecule has 0 saturated heterocycles. The number of hydrogen-bond acceptors (Lipinski definition) is 1. The second-order valence-corrected chi connectivity index (χ2v) is 9.00. The molecule has 0 N–H and O–H groups in total. The number of benzene rings is 5. The number of alkyl halides is 5. The van der Waals surface area contributed by atoms with E-state index in [1.165, 1.54) is 24.1 Å². The molecule has 0 atom stereocenters. The highest BCUT2D eigenvalue weighted by atomic mass is 19.4. The highest BCUT2D eigenvalue weighted by Crippen LogP contribution is 2.40. The SMILES string of the molecule is Fc1cc2cc(-c3c(F)cc(OC(F)(F)c4c(F)cc5ccccc5c4F)cc3F)cc(F)c2c(F)c1C#CC(F)(F)F. The molecule has 0 saturated carbocycles. The van der Waals surface area contributed by atoms with E-state index in [0.29, 0.717) is 30.2 Å². The Labute approximate surface area is 232 Å². The van der Waals surface area contributed by atoms with Crippen molar-refractivity contribution in [2.45, 2.75) is 12.3 Å². The Morgan fingerprint density at radius 2 is 1.23 bits per heavy atom. The maximum atomic E-state index is 15.0. The van der Waals surface area contributed by atoms with Gasteiger partial charge in [-0.25, -0.2) is 30.7 Å². The van der Waals surface area contributed by atoms with Gasteiger partial charge in [0.25, 0.3) is 0 Å². The van der Waals surface area contributed by atoms with Crippen molar-refractivity contribution in [3.8, 4) is 28.7 Å². The molecule has 5 aromatic carbocycles. The van der Waals surface area contributed by atoms with Crippen LogP contribution < -0.4 is 4.74 Å². The van der Waals surface area contributed by atoms with Crippen molar-refractivity contribution in [1.82, 2.24) is 0 Å². The molecule has 0 fully saturated rings. The summed E-state index contributed by atoms with van der Waals surface area (Å²) in [7, 11) is 0. The summed E-state index contributed by atoms with van der Waals surface area (Å²) >= 11 is 0. The molecule has 1 nitrogen and oxygen atoms in total. The van der Waals surface area contributed by atoms with E-state index in [1.54, 1.807) is 0 Å². The third kappa shape index (κ3) is 5.52. The Kier molecular flexibility index (Phi) is 7.20. The van der Waals surface area contributed by atoms with Gasteiger partial charge in [0.15, 0.2) is 5.82 Å². The number of halogens is 12. The van der Waals surface area contributed by atoms with Crippen LogP contribution in [0.4, 0.5) is 52.7 Å². The molecular formula is C30H10F12O. The van der Waals surface area contributed by atoms with Gasteiger partial charge in [0.1, 0.15) is 46.2 Å². The second kappa shape index (κ2) is 10.4. The van der Waals surface area contributed by atoms with E-state index in [0.717, 1.165) is 6.07 Å². The largest absolute Gasteiger partial charge is 0.458 e. The Balaban J connectivity index is 1.55. The molecule has 43 heavy (non-hydrogen) atoms. The summed E-state index contributed by atoms with van der Waals surface area (Å²) in [6.45, 7) is 0. The monoisotopic (exact) mass is 614 g/mol. The van der Waals surface area contributed by atoms with Gasteiger partial charge < -0.3 is 4.74 Å². The van der Waals surface area contributed by atoms with Crippen LogP contribution in [0.3, 0.4) is 0 Å². The first-order valence-electron chi connectivity index (χ1n) is 11.7. The van der Waals surface area contributed by atoms with Crippen LogP contribution in [0.2, 0.25) is 0 Å². The molecule has 0 aliphatic carbocycles. The minimum absolute atomic E-state index is 0.0497. The molecule has 0 amide bonds. The Morgan fingerprint density at radius 3 is 1.88 bits per heavy atom. The number of rotatable bonds is 4. The zero-order valence-electron chi connectivity index (χ0n) is 20.7. The van der Waals surface area contributed by atoms with Crippen molar-refractivity contribution in [1.29, 1.82) is 0 Å². The van der Waals surface area contributed by atoms with Crippen LogP contribution in [0, 0.1) is 52.6 Å². The van der Waals surface area contributed by atoms with Gasteiger partial charge in [-0.3, -0.25) is 0 Å². The number of fused-ring (bicyclic) bond motifs is 2. The summed E-state index contributed by atoms with van der Waals surface area (Å²) in [6, 6.07) is 7.49. The van der Waals surface area contributed by atoms with Crippen molar-refractivity contribution < 1.29 is 57.4 Å². The molecule has 0 bridgehead atoms. The van der Waals surface area contributed by atoms with Crippen molar-refractivity contribution in [2.75, 3.05) is 0 Å². The molecule has 0 spiro atoms. The average molecular weight is 614 g/mol. The van der Waals surface area contributed by atoms with E-state index in [1.807, 2.05) is 0 Å². The van der Waals surface area contributed by atoms with Gasteiger partial charge in [0.2, 0.25) is 0 Å². The normalized spacial score (nSPS) is 12.0. The Morgan fingerprint density at radius 1 is 0.605 bits per heavy atom. The summed E-state index contributed by atoms with van der Waals surface area (Å²) in [6.07, 6.45) is -9.90. The molecule has 0 aromatic heterocycles. The van der Waals surface area contributed by atoms with E-state index >= 15 is 0 Å². The number of hydrogen-bond donors (Lipinski definition) is 0. The molecule has 13 heteroatoms. The average Bonchev–Trinajstić information content (AvgIpc) is 2.86. The summed E-state index contributed by atoms with van der Waals surface area (Å²) < 4.78 is 174. The standard InChI is InChI=1S/C30H10F12O/c31-19-9-15-7-14(10-20(32)25(15)27(36)18(19)5-6-29(38,39)40)24-21(33)11-16(12-22(24)34)43-30(41,42)26-23(35)8-13-3-1-2-4-17(13)28(26)37/h1-4,7-12H. The van der Waals surface area contributed by atoms with Gasteiger partial charge in [0, 0.05) is 23.4 Å². The lowest BCUT2D eigenvalue weighted by Crippen LogP contribution is -2.25. The minimum atomic E-state index is -5.12. The van der Waals surface area contributed by atoms with Gasteiger partial charge in [0.05, 0.1) is 16.5 Å². The van der Waals surface area contributed by atoms with E-state index in [4.69, 9.17) is 0 Å². The lowest BCUT2D eigenvalue weighted by Gasteiger charge is -2.21. The zero-order chi connectivity index (χ0) is 31.4. The maximum Gasteiger partial charge on any atom is 0.458 e. The summed E-state index contributed by atoms with van der Waals surface area (Å²) in [5.74, 6) is -11.1. The molecule has 0 aliphatic rings. The quantitative estimate of drug-likeness (QED) is 0.145. The third-order valence-electron chi connectivity index (χ3n) is 6.19. The van der Waals surface area contributed by atoms with Crippen molar-refractivity contribution >= 4 is 21.5 Å². The van der Waals surface area contributed by atoms with Gasteiger partial charge >= 0.3 is 12.3 Å². The first kappa shape index (κ1) is 29.6. The Hall–Kier alpha value is -4.86.